The molecule has 1 nitrogen and oxygen atoms in total. The van der Waals surface area contributed by atoms with Crippen LogP contribution in [0.4, 0.5) is 17.1 Å². The molecule has 228 valence electrons. The summed E-state index contributed by atoms with van der Waals surface area (Å²) < 4.78 is 0. The van der Waals surface area contributed by atoms with Gasteiger partial charge in [-0.25, -0.2) is 0 Å². The van der Waals surface area contributed by atoms with Gasteiger partial charge in [0.2, 0.25) is 0 Å². The topological polar surface area (TPSA) is 3.24 Å². The lowest BCUT2D eigenvalue weighted by molar-refractivity contribution is 0.332. The molecule has 2 aliphatic carbocycles. The molecule has 0 unspecified atom stereocenters. The summed E-state index contributed by atoms with van der Waals surface area (Å²) in [5, 5.41) is 2.66. The summed E-state index contributed by atoms with van der Waals surface area (Å²) in [5.74, 6) is 0. The molecule has 0 spiro atoms. The van der Waals surface area contributed by atoms with Crippen molar-refractivity contribution in [3.63, 3.8) is 0 Å². The Hall–Kier alpha value is -4.62. The Morgan fingerprint density at radius 1 is 0.413 bits per heavy atom. The Bertz CT molecular complexity index is 2130. The van der Waals surface area contributed by atoms with E-state index in [1.54, 1.807) is 0 Å². The van der Waals surface area contributed by atoms with E-state index in [-0.39, 0.29) is 16.2 Å². The predicted molar refractivity (Wildman–Crippen MR) is 197 cm³/mol. The van der Waals surface area contributed by atoms with Crippen molar-refractivity contribution in [1.29, 1.82) is 0 Å². The van der Waals surface area contributed by atoms with Crippen molar-refractivity contribution in [3.05, 3.63) is 150 Å². The number of rotatable bonds is 4. The maximum absolute atomic E-state index is 2.49. The van der Waals surface area contributed by atoms with Crippen molar-refractivity contribution in [2.45, 2.75) is 70.6 Å². The van der Waals surface area contributed by atoms with E-state index in [9.17, 15) is 0 Å². The third-order valence-electron chi connectivity index (χ3n) is 11.1. The number of fused-ring (bicyclic) bond motifs is 5. The molecule has 6 aromatic carbocycles. The number of hydrogen-bond donors (Lipinski definition) is 0. The van der Waals surface area contributed by atoms with Gasteiger partial charge in [-0.05, 0) is 121 Å². The third-order valence-corrected chi connectivity index (χ3v) is 11.1. The summed E-state index contributed by atoms with van der Waals surface area (Å²) in [6.45, 7) is 14.4. The Balaban J connectivity index is 1.24. The van der Waals surface area contributed by atoms with Crippen LogP contribution < -0.4 is 4.90 Å². The third kappa shape index (κ3) is 4.51. The molecule has 0 atom stereocenters. The second kappa shape index (κ2) is 10.2. The van der Waals surface area contributed by atoms with E-state index in [1.807, 2.05) is 0 Å². The van der Waals surface area contributed by atoms with Gasteiger partial charge in [0.05, 0.1) is 0 Å². The van der Waals surface area contributed by atoms with Crippen molar-refractivity contribution in [1.82, 2.24) is 0 Å². The van der Waals surface area contributed by atoms with Crippen molar-refractivity contribution in [2.24, 2.45) is 0 Å². The van der Waals surface area contributed by atoms with E-state index in [0.717, 1.165) is 11.4 Å². The Morgan fingerprint density at radius 2 is 1.02 bits per heavy atom. The molecule has 1 heteroatoms. The lowest BCUT2D eigenvalue weighted by atomic mass is 9.63. The van der Waals surface area contributed by atoms with Crippen LogP contribution in [0.15, 0.2) is 127 Å². The van der Waals surface area contributed by atoms with Gasteiger partial charge < -0.3 is 4.90 Å². The van der Waals surface area contributed by atoms with Crippen molar-refractivity contribution < 1.29 is 0 Å². The summed E-state index contributed by atoms with van der Waals surface area (Å²) in [5.41, 5.74) is 14.8. The molecular formula is C45H43N. The van der Waals surface area contributed by atoms with E-state index < -0.39 is 0 Å². The first kappa shape index (κ1) is 28.8. The van der Waals surface area contributed by atoms with Crippen LogP contribution in [0.5, 0.6) is 0 Å². The van der Waals surface area contributed by atoms with E-state index >= 15 is 0 Å². The Kier molecular flexibility index (Phi) is 6.39. The minimum Gasteiger partial charge on any atom is -0.310 e. The molecule has 8 rings (SSSR count). The fourth-order valence-electron chi connectivity index (χ4n) is 8.17. The van der Waals surface area contributed by atoms with Gasteiger partial charge in [0.15, 0.2) is 0 Å². The zero-order valence-corrected chi connectivity index (χ0v) is 28.0. The summed E-state index contributed by atoms with van der Waals surface area (Å²) in [4.78, 5) is 2.41. The standard InChI is InChI=1S/C45H43N/c1-43(2)23-24-44(3,4)42-28-33-25-31(19-20-32(33)27-41(42)43)30-13-12-16-35(26-30)46(34-14-8-7-9-15-34)36-21-22-38-37-17-10-11-18-39(37)45(5,6)40(38)29-36/h7-22,25-29H,23-24H2,1-6H3. The Labute approximate surface area is 274 Å². The van der Waals surface area contributed by atoms with Crippen LogP contribution in [-0.2, 0) is 16.2 Å². The van der Waals surface area contributed by atoms with Crippen LogP contribution in [0.3, 0.4) is 0 Å². The lowest BCUT2D eigenvalue weighted by Crippen LogP contribution is -2.33. The molecule has 0 amide bonds. The molecule has 2 aliphatic rings. The van der Waals surface area contributed by atoms with E-state index in [4.69, 9.17) is 0 Å². The van der Waals surface area contributed by atoms with Gasteiger partial charge in [-0.2, -0.15) is 0 Å². The molecule has 0 aromatic heterocycles. The van der Waals surface area contributed by atoms with Gasteiger partial charge in [0.25, 0.3) is 0 Å². The fourth-order valence-corrected chi connectivity index (χ4v) is 8.17. The molecular weight excluding hydrogens is 555 g/mol. The predicted octanol–water partition coefficient (Wildman–Crippen LogP) is 12.6. The summed E-state index contributed by atoms with van der Waals surface area (Å²) in [6.07, 6.45) is 2.46. The van der Waals surface area contributed by atoms with Gasteiger partial charge in [0.1, 0.15) is 0 Å². The van der Waals surface area contributed by atoms with E-state index in [1.165, 1.54) is 73.8 Å². The number of para-hydroxylation sites is 1. The van der Waals surface area contributed by atoms with Gasteiger partial charge in [-0.15, -0.1) is 0 Å². The van der Waals surface area contributed by atoms with Crippen molar-refractivity contribution in [2.75, 3.05) is 4.90 Å². The average Bonchev–Trinajstić information content (AvgIpc) is 3.29. The molecule has 0 bridgehead atoms. The van der Waals surface area contributed by atoms with Crippen LogP contribution >= 0.6 is 0 Å². The summed E-state index contributed by atoms with van der Waals surface area (Å²) in [6, 6.07) is 47.7. The molecule has 0 radical (unpaired) electrons. The van der Waals surface area contributed by atoms with Gasteiger partial charge in [-0.1, -0.05) is 126 Å². The van der Waals surface area contributed by atoms with Crippen LogP contribution in [0.25, 0.3) is 33.0 Å². The quantitative estimate of drug-likeness (QED) is 0.195. The second-order valence-electron chi connectivity index (χ2n) is 15.3. The van der Waals surface area contributed by atoms with Crippen LogP contribution in [0.1, 0.15) is 76.6 Å². The highest BCUT2D eigenvalue weighted by Crippen LogP contribution is 2.51. The van der Waals surface area contributed by atoms with Crippen LogP contribution in [0, 0.1) is 0 Å². The molecule has 6 aromatic rings. The van der Waals surface area contributed by atoms with E-state index in [2.05, 4.69) is 174 Å². The highest BCUT2D eigenvalue weighted by Gasteiger charge is 2.37. The molecule has 0 aliphatic heterocycles. The summed E-state index contributed by atoms with van der Waals surface area (Å²) in [7, 11) is 0. The van der Waals surface area contributed by atoms with Gasteiger partial charge in [-0.3, -0.25) is 0 Å². The average molecular weight is 598 g/mol. The first-order valence-corrected chi connectivity index (χ1v) is 16.8. The maximum Gasteiger partial charge on any atom is 0.0467 e. The Morgan fingerprint density at radius 3 is 1.78 bits per heavy atom. The first-order chi connectivity index (χ1) is 22.0. The second-order valence-corrected chi connectivity index (χ2v) is 15.3. The smallest absolute Gasteiger partial charge is 0.0467 e. The zero-order valence-electron chi connectivity index (χ0n) is 28.0. The highest BCUT2D eigenvalue weighted by molar-refractivity contribution is 5.91. The molecule has 0 heterocycles. The van der Waals surface area contributed by atoms with Crippen molar-refractivity contribution >= 4 is 27.8 Å². The lowest BCUT2D eigenvalue weighted by Gasteiger charge is -2.42. The maximum atomic E-state index is 2.49. The monoisotopic (exact) mass is 597 g/mol. The summed E-state index contributed by atoms with van der Waals surface area (Å²) >= 11 is 0. The van der Waals surface area contributed by atoms with Gasteiger partial charge in [0, 0.05) is 22.5 Å². The molecule has 0 saturated heterocycles. The number of nitrogens with zero attached hydrogens (tertiary/aromatic N) is 1. The zero-order chi connectivity index (χ0) is 31.8. The van der Waals surface area contributed by atoms with Gasteiger partial charge >= 0.3 is 0 Å². The number of benzene rings is 6. The van der Waals surface area contributed by atoms with Crippen LogP contribution in [-0.4, -0.2) is 0 Å². The van der Waals surface area contributed by atoms with Crippen LogP contribution in [0.2, 0.25) is 0 Å². The first-order valence-electron chi connectivity index (χ1n) is 16.8. The number of hydrogen-bond acceptors (Lipinski definition) is 1. The SMILES string of the molecule is CC1(C)CCC(C)(C)c2cc3cc(-c4cccc(N(c5ccccc5)c5ccc6c(c5)C(C)(C)c5ccccc5-6)c4)ccc3cc21. The minimum atomic E-state index is -0.0553. The largest absolute Gasteiger partial charge is 0.310 e. The minimum absolute atomic E-state index is 0.0553. The molecule has 0 saturated carbocycles. The molecule has 0 N–H and O–H groups in total. The fraction of sp³-hybridized carbons (Fsp3) is 0.244. The molecule has 46 heavy (non-hydrogen) atoms. The number of anilines is 3. The van der Waals surface area contributed by atoms with Crippen molar-refractivity contribution in [3.8, 4) is 22.3 Å². The van der Waals surface area contributed by atoms with E-state index in [0.29, 0.717) is 0 Å². The highest BCUT2D eigenvalue weighted by atomic mass is 15.1. The normalized spacial score (nSPS) is 16.8. The molecule has 0 fully saturated rings.